The van der Waals surface area contributed by atoms with Crippen molar-refractivity contribution in [3.63, 3.8) is 0 Å². The zero-order chi connectivity index (χ0) is 12.6. The van der Waals surface area contributed by atoms with Gasteiger partial charge in [-0.05, 0) is 33.8 Å². The van der Waals surface area contributed by atoms with Crippen molar-refractivity contribution in [3.8, 4) is 11.8 Å². The normalized spacial score (nSPS) is 18.6. The van der Waals surface area contributed by atoms with Crippen molar-refractivity contribution in [1.82, 2.24) is 0 Å². The van der Waals surface area contributed by atoms with Gasteiger partial charge in [-0.2, -0.15) is 0 Å². The number of ether oxygens (including phenoxy) is 1. The maximum Gasteiger partial charge on any atom is 0.352 e. The predicted molar refractivity (Wildman–Crippen MR) is 69.2 cm³/mol. The van der Waals surface area contributed by atoms with Gasteiger partial charge in [0.15, 0.2) is 6.23 Å². The van der Waals surface area contributed by atoms with E-state index in [1.54, 1.807) is 6.92 Å². The van der Waals surface area contributed by atoms with Gasteiger partial charge in [-0.1, -0.05) is 11.8 Å². The zero-order valence-electron chi connectivity index (χ0n) is 10.4. The van der Waals surface area contributed by atoms with Crippen molar-refractivity contribution < 1.29 is 9.53 Å². The number of cyclic esters (lactones) is 1. The summed E-state index contributed by atoms with van der Waals surface area (Å²) in [6.07, 6.45) is -0.270. The third-order valence-electron chi connectivity index (χ3n) is 2.12. The summed E-state index contributed by atoms with van der Waals surface area (Å²) in [5, 5.41) is 3.11. The fourth-order valence-corrected chi connectivity index (χ4v) is 2.28. The molecule has 0 spiro atoms. The minimum atomic E-state index is -0.270. The van der Waals surface area contributed by atoms with Gasteiger partial charge in [0, 0.05) is 5.41 Å². The third kappa shape index (κ3) is 2.80. The lowest BCUT2D eigenvalue weighted by Gasteiger charge is -2.20. The standard InChI is InChI=1S/C13H15NO2S/c1-8-14-10-7-9(5-6-13(2,3)4)17-11(10)12(15)16-8/h7-8,14H,1-4H3. The molecular weight excluding hydrogens is 234 g/mol. The Morgan fingerprint density at radius 2 is 2.18 bits per heavy atom. The van der Waals surface area contributed by atoms with E-state index in [2.05, 4.69) is 37.9 Å². The van der Waals surface area contributed by atoms with Crippen LogP contribution in [0.15, 0.2) is 6.07 Å². The molecule has 0 fully saturated rings. The van der Waals surface area contributed by atoms with E-state index in [4.69, 9.17) is 4.74 Å². The molecule has 1 N–H and O–H groups in total. The number of hydrogen-bond donors (Lipinski definition) is 1. The molecule has 2 rings (SSSR count). The Kier molecular flexibility index (Phi) is 2.88. The lowest BCUT2D eigenvalue weighted by molar-refractivity contribution is 0.0377. The fraction of sp³-hybridized carbons (Fsp3) is 0.462. The van der Waals surface area contributed by atoms with Crippen molar-refractivity contribution in [2.45, 2.75) is 33.9 Å². The number of hydrogen-bond acceptors (Lipinski definition) is 4. The minimum absolute atomic E-state index is 0.0360. The molecule has 90 valence electrons. The summed E-state index contributed by atoms with van der Waals surface area (Å²) >= 11 is 1.38. The number of carbonyl (C=O) groups excluding carboxylic acids is 1. The largest absolute Gasteiger partial charge is 0.438 e. The monoisotopic (exact) mass is 249 g/mol. The Balaban J connectivity index is 2.31. The van der Waals surface area contributed by atoms with Crippen LogP contribution in [0.2, 0.25) is 0 Å². The first-order chi connectivity index (χ1) is 7.85. The number of thiophene rings is 1. The molecule has 17 heavy (non-hydrogen) atoms. The van der Waals surface area contributed by atoms with Crippen LogP contribution < -0.4 is 5.32 Å². The zero-order valence-corrected chi connectivity index (χ0v) is 11.2. The van der Waals surface area contributed by atoms with Gasteiger partial charge in [0.1, 0.15) is 4.88 Å². The van der Waals surface area contributed by atoms with Crippen LogP contribution in [0, 0.1) is 17.3 Å². The molecule has 1 aromatic rings. The van der Waals surface area contributed by atoms with Crippen molar-refractivity contribution in [2.24, 2.45) is 5.41 Å². The number of esters is 1. The number of nitrogens with one attached hydrogen (secondary N) is 1. The van der Waals surface area contributed by atoms with Crippen molar-refractivity contribution in [2.75, 3.05) is 5.32 Å². The van der Waals surface area contributed by atoms with Gasteiger partial charge in [0.25, 0.3) is 0 Å². The topological polar surface area (TPSA) is 38.3 Å². The molecular formula is C13H15NO2S. The van der Waals surface area contributed by atoms with Crippen LogP contribution in [0.3, 0.4) is 0 Å². The van der Waals surface area contributed by atoms with E-state index < -0.39 is 0 Å². The molecule has 2 heterocycles. The van der Waals surface area contributed by atoms with Crippen LogP contribution in [0.25, 0.3) is 0 Å². The van der Waals surface area contributed by atoms with Crippen molar-refractivity contribution in [1.29, 1.82) is 0 Å². The van der Waals surface area contributed by atoms with Crippen LogP contribution >= 0.6 is 11.3 Å². The average molecular weight is 249 g/mol. The summed E-state index contributed by atoms with van der Waals surface area (Å²) in [6, 6.07) is 1.91. The highest BCUT2D eigenvalue weighted by Crippen LogP contribution is 2.31. The van der Waals surface area contributed by atoms with E-state index in [0.717, 1.165) is 10.6 Å². The van der Waals surface area contributed by atoms with Gasteiger partial charge in [-0.3, -0.25) is 0 Å². The van der Waals surface area contributed by atoms with Crippen molar-refractivity contribution >= 4 is 23.0 Å². The Labute approximate surface area is 105 Å². The van der Waals surface area contributed by atoms with E-state index in [9.17, 15) is 4.79 Å². The lowest BCUT2D eigenvalue weighted by Crippen LogP contribution is -2.28. The van der Waals surface area contributed by atoms with E-state index in [1.807, 2.05) is 6.07 Å². The first-order valence-electron chi connectivity index (χ1n) is 5.50. The SMILES string of the molecule is CC1Nc2cc(C#CC(C)(C)C)sc2C(=O)O1. The number of anilines is 1. The molecule has 0 aliphatic carbocycles. The molecule has 1 aliphatic heterocycles. The summed E-state index contributed by atoms with van der Waals surface area (Å²) in [5.41, 5.74) is 0.795. The second-order valence-corrected chi connectivity index (χ2v) is 6.10. The second kappa shape index (κ2) is 4.08. The minimum Gasteiger partial charge on any atom is -0.438 e. The highest BCUT2D eigenvalue weighted by Gasteiger charge is 2.25. The Morgan fingerprint density at radius 1 is 1.47 bits per heavy atom. The summed E-state index contributed by atoms with van der Waals surface area (Å²) in [6.45, 7) is 7.98. The number of carbonyl (C=O) groups is 1. The van der Waals surface area contributed by atoms with E-state index in [-0.39, 0.29) is 17.6 Å². The maximum absolute atomic E-state index is 11.6. The second-order valence-electron chi connectivity index (χ2n) is 5.05. The molecule has 0 radical (unpaired) electrons. The highest BCUT2D eigenvalue weighted by molar-refractivity contribution is 7.15. The third-order valence-corrected chi connectivity index (χ3v) is 3.15. The van der Waals surface area contributed by atoms with Gasteiger partial charge in [0.2, 0.25) is 0 Å². The average Bonchev–Trinajstić information content (AvgIpc) is 2.56. The van der Waals surface area contributed by atoms with E-state index in [1.165, 1.54) is 11.3 Å². The van der Waals surface area contributed by atoms with E-state index in [0.29, 0.717) is 4.88 Å². The smallest absolute Gasteiger partial charge is 0.352 e. The molecule has 0 saturated heterocycles. The summed E-state index contributed by atoms with van der Waals surface area (Å²) in [5.74, 6) is 5.99. The van der Waals surface area contributed by atoms with Crippen LogP contribution in [0.5, 0.6) is 0 Å². The molecule has 0 amide bonds. The summed E-state index contributed by atoms with van der Waals surface area (Å²) in [7, 11) is 0. The van der Waals surface area contributed by atoms with Crippen LogP contribution in [-0.4, -0.2) is 12.2 Å². The van der Waals surface area contributed by atoms with Crippen molar-refractivity contribution in [3.05, 3.63) is 15.8 Å². The molecule has 1 atom stereocenters. The van der Waals surface area contributed by atoms with E-state index >= 15 is 0 Å². The molecule has 0 aromatic carbocycles. The fourth-order valence-electron chi connectivity index (χ4n) is 1.42. The van der Waals surface area contributed by atoms with Crippen LogP contribution in [-0.2, 0) is 4.74 Å². The van der Waals surface area contributed by atoms with Gasteiger partial charge in [-0.25, -0.2) is 4.79 Å². The predicted octanol–water partition coefficient (Wildman–Crippen LogP) is 3.07. The Morgan fingerprint density at radius 3 is 2.82 bits per heavy atom. The first kappa shape index (κ1) is 12.0. The van der Waals surface area contributed by atoms with Gasteiger partial charge < -0.3 is 10.1 Å². The number of rotatable bonds is 0. The quantitative estimate of drug-likeness (QED) is 0.567. The molecule has 1 aromatic heterocycles. The van der Waals surface area contributed by atoms with Crippen LogP contribution in [0.4, 0.5) is 5.69 Å². The van der Waals surface area contributed by atoms with Crippen LogP contribution in [0.1, 0.15) is 42.2 Å². The Bertz CT molecular complexity index is 514. The highest BCUT2D eigenvalue weighted by atomic mass is 32.1. The molecule has 1 aliphatic rings. The molecule has 1 unspecified atom stereocenters. The lowest BCUT2D eigenvalue weighted by atomic mass is 9.98. The first-order valence-corrected chi connectivity index (χ1v) is 6.31. The van der Waals surface area contributed by atoms with Gasteiger partial charge >= 0.3 is 5.97 Å². The summed E-state index contributed by atoms with van der Waals surface area (Å²) in [4.78, 5) is 13.1. The summed E-state index contributed by atoms with van der Waals surface area (Å²) < 4.78 is 5.08. The molecule has 0 saturated carbocycles. The molecule has 4 heteroatoms. The molecule has 3 nitrogen and oxygen atoms in total. The molecule has 0 bridgehead atoms. The maximum atomic E-state index is 11.6. The van der Waals surface area contributed by atoms with Gasteiger partial charge in [0.05, 0.1) is 10.6 Å². The number of fused-ring (bicyclic) bond motifs is 1. The Hall–Kier alpha value is -1.47. The van der Waals surface area contributed by atoms with Gasteiger partial charge in [-0.15, -0.1) is 11.3 Å².